The van der Waals surface area contributed by atoms with E-state index in [2.05, 4.69) is 37.9 Å². The van der Waals surface area contributed by atoms with Gasteiger partial charge < -0.3 is 10.2 Å². The Morgan fingerprint density at radius 2 is 2.07 bits per heavy atom. The van der Waals surface area contributed by atoms with Crippen molar-refractivity contribution in [2.24, 2.45) is 5.41 Å². The molecule has 1 unspecified atom stereocenters. The Labute approximate surface area is 95.4 Å². The highest BCUT2D eigenvalue weighted by molar-refractivity contribution is 4.85. The fourth-order valence-electron chi connectivity index (χ4n) is 2.33. The molecule has 0 spiro atoms. The van der Waals surface area contributed by atoms with Crippen LogP contribution < -0.4 is 5.32 Å². The summed E-state index contributed by atoms with van der Waals surface area (Å²) in [4.78, 5) is 2.65. The van der Waals surface area contributed by atoms with Crippen LogP contribution in [0.5, 0.6) is 0 Å². The van der Waals surface area contributed by atoms with E-state index in [0.717, 1.165) is 12.6 Å². The standard InChI is InChI=1S/C13H28N2/c1-5-8-14-9-6-12(2)15-10-7-13(3,4)11-15/h12,14H,5-11H2,1-4H3. The third kappa shape index (κ3) is 4.52. The first-order valence-corrected chi connectivity index (χ1v) is 6.50. The Balaban J connectivity index is 2.15. The number of nitrogens with zero attached hydrogens (tertiary/aromatic N) is 1. The second kappa shape index (κ2) is 5.86. The first-order chi connectivity index (χ1) is 7.05. The highest BCUT2D eigenvalue weighted by Gasteiger charge is 2.31. The normalized spacial score (nSPS) is 23.2. The van der Waals surface area contributed by atoms with Gasteiger partial charge in [-0.05, 0) is 51.2 Å². The minimum absolute atomic E-state index is 0.547. The molecule has 1 rings (SSSR count). The third-order valence-electron chi connectivity index (χ3n) is 3.50. The number of rotatable bonds is 6. The van der Waals surface area contributed by atoms with Crippen LogP contribution in [0.25, 0.3) is 0 Å². The predicted octanol–water partition coefficient (Wildman–Crippen LogP) is 2.50. The fraction of sp³-hybridized carbons (Fsp3) is 1.00. The van der Waals surface area contributed by atoms with E-state index in [4.69, 9.17) is 0 Å². The van der Waals surface area contributed by atoms with Crippen molar-refractivity contribution in [2.75, 3.05) is 26.2 Å². The molecule has 1 N–H and O–H groups in total. The molecular weight excluding hydrogens is 184 g/mol. The fourth-order valence-corrected chi connectivity index (χ4v) is 2.33. The summed E-state index contributed by atoms with van der Waals surface area (Å²) < 4.78 is 0. The summed E-state index contributed by atoms with van der Waals surface area (Å²) >= 11 is 0. The molecule has 1 fully saturated rings. The van der Waals surface area contributed by atoms with E-state index in [-0.39, 0.29) is 0 Å². The first kappa shape index (κ1) is 13.0. The molecule has 2 nitrogen and oxygen atoms in total. The van der Waals surface area contributed by atoms with Crippen LogP contribution in [0.1, 0.15) is 47.0 Å². The molecule has 0 aromatic rings. The van der Waals surface area contributed by atoms with E-state index in [1.165, 1.54) is 38.9 Å². The van der Waals surface area contributed by atoms with Gasteiger partial charge in [-0.15, -0.1) is 0 Å². The lowest BCUT2D eigenvalue weighted by molar-refractivity contribution is 0.219. The molecule has 0 bridgehead atoms. The molecule has 0 amide bonds. The molecule has 2 heteroatoms. The number of nitrogens with one attached hydrogen (secondary N) is 1. The van der Waals surface area contributed by atoms with Gasteiger partial charge in [0.2, 0.25) is 0 Å². The van der Waals surface area contributed by atoms with Crippen molar-refractivity contribution in [3.8, 4) is 0 Å². The maximum atomic E-state index is 3.48. The van der Waals surface area contributed by atoms with Gasteiger partial charge in [-0.3, -0.25) is 0 Å². The van der Waals surface area contributed by atoms with E-state index in [1.54, 1.807) is 0 Å². The number of hydrogen-bond acceptors (Lipinski definition) is 2. The minimum atomic E-state index is 0.547. The zero-order valence-corrected chi connectivity index (χ0v) is 11.0. The van der Waals surface area contributed by atoms with Crippen LogP contribution in [0, 0.1) is 5.41 Å². The van der Waals surface area contributed by atoms with Crippen LogP contribution in [-0.2, 0) is 0 Å². The molecule has 0 aromatic carbocycles. The SMILES string of the molecule is CCCNCCC(C)N1CCC(C)(C)C1. The summed E-state index contributed by atoms with van der Waals surface area (Å²) in [5, 5.41) is 3.48. The second-order valence-corrected chi connectivity index (χ2v) is 5.77. The van der Waals surface area contributed by atoms with E-state index in [0.29, 0.717) is 5.41 Å². The molecule has 0 aliphatic carbocycles. The summed E-state index contributed by atoms with van der Waals surface area (Å²) in [5.41, 5.74) is 0.547. The Kier molecular flexibility index (Phi) is 5.07. The van der Waals surface area contributed by atoms with Crippen LogP contribution in [0.3, 0.4) is 0 Å². The van der Waals surface area contributed by atoms with E-state index < -0.39 is 0 Å². The quantitative estimate of drug-likeness (QED) is 0.681. The van der Waals surface area contributed by atoms with Gasteiger partial charge in [-0.1, -0.05) is 20.8 Å². The smallest absolute Gasteiger partial charge is 0.00792 e. The zero-order chi connectivity index (χ0) is 11.3. The van der Waals surface area contributed by atoms with E-state index >= 15 is 0 Å². The molecule has 0 saturated carbocycles. The van der Waals surface area contributed by atoms with Crippen LogP contribution >= 0.6 is 0 Å². The van der Waals surface area contributed by atoms with Crippen LogP contribution in [0.2, 0.25) is 0 Å². The average Bonchev–Trinajstić information content (AvgIpc) is 2.53. The minimum Gasteiger partial charge on any atom is -0.317 e. The second-order valence-electron chi connectivity index (χ2n) is 5.77. The van der Waals surface area contributed by atoms with Crippen molar-refractivity contribution in [3.05, 3.63) is 0 Å². The van der Waals surface area contributed by atoms with Crippen LogP contribution in [-0.4, -0.2) is 37.1 Å². The molecule has 1 atom stereocenters. The van der Waals surface area contributed by atoms with E-state index in [9.17, 15) is 0 Å². The van der Waals surface area contributed by atoms with Gasteiger partial charge in [0.15, 0.2) is 0 Å². The van der Waals surface area contributed by atoms with Crippen molar-refractivity contribution >= 4 is 0 Å². The van der Waals surface area contributed by atoms with Gasteiger partial charge in [0.25, 0.3) is 0 Å². The Bertz CT molecular complexity index is 177. The molecule has 1 heterocycles. The van der Waals surface area contributed by atoms with Crippen LogP contribution in [0.15, 0.2) is 0 Å². The van der Waals surface area contributed by atoms with Crippen molar-refractivity contribution in [1.29, 1.82) is 0 Å². The molecule has 1 saturated heterocycles. The summed E-state index contributed by atoms with van der Waals surface area (Å²) in [7, 11) is 0. The molecule has 1 aliphatic heterocycles. The van der Waals surface area contributed by atoms with Gasteiger partial charge in [0.05, 0.1) is 0 Å². The van der Waals surface area contributed by atoms with Crippen LogP contribution in [0.4, 0.5) is 0 Å². The predicted molar refractivity (Wildman–Crippen MR) is 67.2 cm³/mol. The summed E-state index contributed by atoms with van der Waals surface area (Å²) in [6.45, 7) is 14.3. The van der Waals surface area contributed by atoms with E-state index in [1.807, 2.05) is 0 Å². The molecule has 0 aromatic heterocycles. The van der Waals surface area contributed by atoms with Crippen molar-refractivity contribution in [1.82, 2.24) is 10.2 Å². The largest absolute Gasteiger partial charge is 0.317 e. The lowest BCUT2D eigenvalue weighted by Gasteiger charge is -2.26. The molecule has 0 radical (unpaired) electrons. The van der Waals surface area contributed by atoms with Gasteiger partial charge in [-0.25, -0.2) is 0 Å². The Hall–Kier alpha value is -0.0800. The van der Waals surface area contributed by atoms with Crippen molar-refractivity contribution in [3.63, 3.8) is 0 Å². The van der Waals surface area contributed by atoms with Crippen molar-refractivity contribution in [2.45, 2.75) is 53.0 Å². The molecule has 1 aliphatic rings. The molecular formula is C13H28N2. The monoisotopic (exact) mass is 212 g/mol. The number of likely N-dealkylation sites (tertiary alicyclic amines) is 1. The highest BCUT2D eigenvalue weighted by Crippen LogP contribution is 2.30. The highest BCUT2D eigenvalue weighted by atomic mass is 15.2. The maximum absolute atomic E-state index is 3.48. The van der Waals surface area contributed by atoms with Gasteiger partial charge in [0.1, 0.15) is 0 Å². The van der Waals surface area contributed by atoms with Gasteiger partial charge >= 0.3 is 0 Å². The van der Waals surface area contributed by atoms with Gasteiger partial charge in [0, 0.05) is 12.6 Å². The Morgan fingerprint density at radius 1 is 1.33 bits per heavy atom. The molecule has 90 valence electrons. The lowest BCUT2D eigenvalue weighted by Crippen LogP contribution is -2.34. The average molecular weight is 212 g/mol. The van der Waals surface area contributed by atoms with Crippen molar-refractivity contribution < 1.29 is 0 Å². The first-order valence-electron chi connectivity index (χ1n) is 6.50. The van der Waals surface area contributed by atoms with Gasteiger partial charge in [-0.2, -0.15) is 0 Å². The lowest BCUT2D eigenvalue weighted by atomic mass is 9.93. The Morgan fingerprint density at radius 3 is 2.60 bits per heavy atom. The summed E-state index contributed by atoms with van der Waals surface area (Å²) in [6.07, 6.45) is 3.89. The zero-order valence-electron chi connectivity index (χ0n) is 11.0. The summed E-state index contributed by atoms with van der Waals surface area (Å²) in [5.74, 6) is 0. The maximum Gasteiger partial charge on any atom is 0.00792 e. The summed E-state index contributed by atoms with van der Waals surface area (Å²) in [6, 6.07) is 0.746. The third-order valence-corrected chi connectivity index (χ3v) is 3.50. The number of hydrogen-bond donors (Lipinski definition) is 1. The molecule has 15 heavy (non-hydrogen) atoms. The topological polar surface area (TPSA) is 15.3 Å².